The van der Waals surface area contributed by atoms with Crippen LogP contribution in [0.1, 0.15) is 147 Å². The zero-order valence-electron chi connectivity index (χ0n) is 36.3. The van der Waals surface area contributed by atoms with Crippen LogP contribution in [0.5, 0.6) is 11.5 Å². The normalized spacial score (nSPS) is 28.5. The van der Waals surface area contributed by atoms with Crippen LogP contribution in [0.15, 0.2) is 103 Å². The van der Waals surface area contributed by atoms with Gasteiger partial charge in [-0.05, 0) is 155 Å². The van der Waals surface area contributed by atoms with Gasteiger partial charge in [-0.25, -0.2) is 0 Å². The molecule has 0 aromatic heterocycles. The lowest BCUT2D eigenvalue weighted by atomic mass is 9.41. The monoisotopic (exact) mass is 765 g/mol. The van der Waals surface area contributed by atoms with Gasteiger partial charge in [0.2, 0.25) is 0 Å². The second kappa shape index (κ2) is 12.4. The molecular formula is C56H63NO. The Hall–Kier alpha value is -4.30. The summed E-state index contributed by atoms with van der Waals surface area (Å²) in [5.74, 6) is 5.19. The molecule has 1 heterocycles. The van der Waals surface area contributed by atoms with Gasteiger partial charge >= 0.3 is 0 Å². The highest BCUT2D eigenvalue weighted by Gasteiger charge is 2.61. The van der Waals surface area contributed by atoms with E-state index >= 15 is 0 Å². The van der Waals surface area contributed by atoms with E-state index in [2.05, 4.69) is 163 Å². The summed E-state index contributed by atoms with van der Waals surface area (Å²) in [6.07, 6.45) is 11.5. The Labute approximate surface area is 348 Å². The lowest BCUT2D eigenvalue weighted by Gasteiger charge is -2.63. The van der Waals surface area contributed by atoms with E-state index in [-0.39, 0.29) is 27.1 Å². The van der Waals surface area contributed by atoms with Gasteiger partial charge in [0.05, 0.1) is 17.1 Å². The Morgan fingerprint density at radius 3 is 1.52 bits per heavy atom. The number of rotatable bonds is 4. The fourth-order valence-electron chi connectivity index (χ4n) is 14.1. The van der Waals surface area contributed by atoms with E-state index < -0.39 is 0 Å². The summed E-state index contributed by atoms with van der Waals surface area (Å²) >= 11 is 0. The Morgan fingerprint density at radius 1 is 0.448 bits per heavy atom. The SMILES string of the molecule is CC1(C)CCC(C)(C)c2c(N(c3cc4c(cc3-c3ccccc3)C3(c5ccccc5O4)C4CC5CC(C4)CC3C5)c3cccc4c3C(C)(C)CCC4(C)C)cccc21. The molecule has 58 heavy (non-hydrogen) atoms. The Balaban J connectivity index is 1.26. The number of benzene rings is 5. The van der Waals surface area contributed by atoms with Crippen molar-refractivity contribution in [1.82, 2.24) is 0 Å². The number of hydrogen-bond acceptors (Lipinski definition) is 2. The molecule has 4 saturated carbocycles. The van der Waals surface area contributed by atoms with Crippen molar-refractivity contribution >= 4 is 17.1 Å². The largest absolute Gasteiger partial charge is 0.457 e. The molecule has 0 amide bonds. The van der Waals surface area contributed by atoms with Crippen LogP contribution in [0.25, 0.3) is 11.1 Å². The highest BCUT2D eigenvalue weighted by atomic mass is 16.5. The third-order valence-electron chi connectivity index (χ3n) is 17.0. The molecule has 7 aliphatic rings. The van der Waals surface area contributed by atoms with Gasteiger partial charge in [0.1, 0.15) is 11.5 Å². The molecule has 298 valence electrons. The smallest absolute Gasteiger partial charge is 0.133 e. The lowest BCUT2D eigenvalue weighted by molar-refractivity contribution is -0.0452. The second-order valence-electron chi connectivity index (χ2n) is 22.3. The van der Waals surface area contributed by atoms with E-state index in [1.54, 1.807) is 0 Å². The van der Waals surface area contributed by atoms with Gasteiger partial charge in [-0.2, -0.15) is 0 Å². The maximum Gasteiger partial charge on any atom is 0.133 e. The van der Waals surface area contributed by atoms with Crippen molar-refractivity contribution in [3.63, 3.8) is 0 Å². The molecule has 2 heteroatoms. The molecule has 0 radical (unpaired) electrons. The fourth-order valence-corrected chi connectivity index (χ4v) is 14.1. The molecule has 0 saturated heterocycles. The predicted octanol–water partition coefficient (Wildman–Crippen LogP) is 15.4. The molecular weight excluding hydrogens is 703 g/mol. The Bertz CT molecular complexity index is 2350. The van der Waals surface area contributed by atoms with Crippen molar-refractivity contribution in [2.24, 2.45) is 23.7 Å². The molecule has 4 bridgehead atoms. The lowest BCUT2D eigenvalue weighted by Crippen LogP contribution is -2.57. The minimum absolute atomic E-state index is 0.00429. The highest BCUT2D eigenvalue weighted by Crippen LogP contribution is 2.70. The Kier molecular flexibility index (Phi) is 7.84. The molecule has 1 aliphatic heterocycles. The molecule has 5 aromatic carbocycles. The van der Waals surface area contributed by atoms with Crippen LogP contribution in [-0.4, -0.2) is 0 Å². The average molecular weight is 766 g/mol. The van der Waals surface area contributed by atoms with Crippen molar-refractivity contribution in [2.75, 3.05) is 4.90 Å². The van der Waals surface area contributed by atoms with Gasteiger partial charge in [-0.1, -0.05) is 128 Å². The first-order chi connectivity index (χ1) is 27.7. The van der Waals surface area contributed by atoms with E-state index in [1.165, 1.54) is 107 Å². The van der Waals surface area contributed by atoms with Crippen molar-refractivity contribution in [2.45, 2.75) is 140 Å². The van der Waals surface area contributed by atoms with Crippen LogP contribution < -0.4 is 9.64 Å². The number of anilines is 3. The van der Waals surface area contributed by atoms with Gasteiger partial charge in [0.15, 0.2) is 0 Å². The molecule has 5 aromatic rings. The predicted molar refractivity (Wildman–Crippen MR) is 241 cm³/mol. The molecule has 12 rings (SSSR count). The molecule has 0 N–H and O–H groups in total. The van der Waals surface area contributed by atoms with Gasteiger partial charge in [-0.3, -0.25) is 0 Å². The zero-order valence-corrected chi connectivity index (χ0v) is 36.3. The quantitative estimate of drug-likeness (QED) is 0.181. The van der Waals surface area contributed by atoms with Crippen LogP contribution in [0.3, 0.4) is 0 Å². The summed E-state index contributed by atoms with van der Waals surface area (Å²) in [7, 11) is 0. The molecule has 6 aliphatic carbocycles. The first kappa shape index (κ1) is 36.8. The number of hydrogen-bond donors (Lipinski definition) is 0. The van der Waals surface area contributed by atoms with E-state index in [9.17, 15) is 0 Å². The summed E-state index contributed by atoms with van der Waals surface area (Å²) in [5, 5.41) is 0. The maximum atomic E-state index is 7.31. The zero-order chi connectivity index (χ0) is 40.0. The summed E-state index contributed by atoms with van der Waals surface area (Å²) in [6.45, 7) is 19.9. The number of para-hydroxylation sites is 1. The van der Waals surface area contributed by atoms with E-state index in [1.807, 2.05) is 0 Å². The fraction of sp³-hybridized carbons (Fsp3) is 0.464. The molecule has 2 nitrogen and oxygen atoms in total. The topological polar surface area (TPSA) is 12.5 Å². The van der Waals surface area contributed by atoms with Gasteiger partial charge in [0.25, 0.3) is 0 Å². The molecule has 4 fully saturated rings. The highest BCUT2D eigenvalue weighted by molar-refractivity contribution is 5.93. The van der Waals surface area contributed by atoms with Crippen LogP contribution in [0, 0.1) is 23.7 Å². The van der Waals surface area contributed by atoms with Gasteiger partial charge in [-0.15, -0.1) is 0 Å². The van der Waals surface area contributed by atoms with Gasteiger partial charge in [0, 0.05) is 28.2 Å². The van der Waals surface area contributed by atoms with Crippen molar-refractivity contribution < 1.29 is 4.74 Å². The van der Waals surface area contributed by atoms with E-state index in [0.717, 1.165) is 36.2 Å². The summed E-state index contributed by atoms with van der Waals surface area (Å²) in [6, 6.07) is 40.2. The minimum atomic E-state index is -0.0274. The summed E-state index contributed by atoms with van der Waals surface area (Å²) in [5.41, 5.74) is 15.5. The molecule has 0 atom stereocenters. The first-order valence-electron chi connectivity index (χ1n) is 22.8. The van der Waals surface area contributed by atoms with E-state index in [0.29, 0.717) is 11.8 Å². The number of ether oxygens (including phenoxy) is 1. The van der Waals surface area contributed by atoms with Crippen molar-refractivity contribution in [1.29, 1.82) is 0 Å². The standard InChI is InChI=1S/C56H63NO/c1-52(2)24-26-54(5,6)50-42(52)19-14-21-45(50)57(46-22-15-20-43-51(46)55(7,8)27-25-53(43,3)4)47-34-49-44(33-40(47)37-16-10-9-11-17-37)56(41-18-12-13-23-48(41)58-49)38-29-35-28-36(31-38)32-39(56)30-35/h9-23,33-36,38-39H,24-32H2,1-8H3. The maximum absolute atomic E-state index is 7.31. The Morgan fingerprint density at radius 2 is 0.948 bits per heavy atom. The third-order valence-corrected chi connectivity index (χ3v) is 17.0. The van der Waals surface area contributed by atoms with Gasteiger partial charge < -0.3 is 9.64 Å². The van der Waals surface area contributed by atoms with Crippen LogP contribution in [-0.2, 0) is 27.1 Å². The third kappa shape index (κ3) is 5.15. The summed E-state index contributed by atoms with van der Waals surface area (Å²) in [4.78, 5) is 2.74. The number of fused-ring (bicyclic) bond motifs is 4. The van der Waals surface area contributed by atoms with Crippen LogP contribution >= 0.6 is 0 Å². The van der Waals surface area contributed by atoms with Crippen molar-refractivity contribution in [3.8, 4) is 22.6 Å². The van der Waals surface area contributed by atoms with Crippen LogP contribution in [0.2, 0.25) is 0 Å². The van der Waals surface area contributed by atoms with Crippen LogP contribution in [0.4, 0.5) is 17.1 Å². The molecule has 1 spiro atoms. The van der Waals surface area contributed by atoms with E-state index in [4.69, 9.17) is 4.74 Å². The number of nitrogens with zero attached hydrogens (tertiary/aromatic N) is 1. The second-order valence-corrected chi connectivity index (χ2v) is 22.3. The van der Waals surface area contributed by atoms with Crippen molar-refractivity contribution in [3.05, 3.63) is 137 Å². The summed E-state index contributed by atoms with van der Waals surface area (Å²) < 4.78 is 7.31. The first-order valence-corrected chi connectivity index (χ1v) is 22.8. The average Bonchev–Trinajstić information content (AvgIpc) is 3.20. The minimum Gasteiger partial charge on any atom is -0.457 e. The molecule has 0 unspecified atom stereocenters.